The summed E-state index contributed by atoms with van der Waals surface area (Å²) in [5.41, 5.74) is 1.88. The second-order valence-corrected chi connectivity index (χ2v) is 9.97. The Morgan fingerprint density at radius 2 is 1.68 bits per heavy atom. The molecule has 194 valence electrons. The number of anilines is 1. The number of carbonyl (C=O) groups excluding carboxylic acids is 3. The molecule has 0 aliphatic heterocycles. The molecule has 0 radical (unpaired) electrons. The second-order valence-electron chi connectivity index (χ2n) is 8.24. The van der Waals surface area contributed by atoms with E-state index in [-0.39, 0.29) is 12.5 Å². The van der Waals surface area contributed by atoms with E-state index in [1.807, 2.05) is 25.1 Å². The van der Waals surface area contributed by atoms with E-state index in [2.05, 4.69) is 21.2 Å². The molecule has 0 aliphatic carbocycles. The van der Waals surface area contributed by atoms with Crippen molar-refractivity contribution >= 4 is 62.5 Å². The third kappa shape index (κ3) is 7.71. The number of nitrogens with zero attached hydrogens (tertiary/aromatic N) is 2. The molecular formula is C27H26BrCl2N3O4. The summed E-state index contributed by atoms with van der Waals surface area (Å²) in [6.45, 7) is 4.33. The zero-order valence-corrected chi connectivity index (χ0v) is 23.7. The fourth-order valence-electron chi connectivity index (χ4n) is 3.53. The Bertz CT molecular complexity index is 1320. The normalized spacial score (nSPS) is 10.5. The standard InChI is InChI=1S/C27H26BrCl2N3O4/c1-4-33(17(2)34)16-18-7-5-6-8-24(18)31-26(35)27(36)32(3)15-19-9-10-20(28)13-25(19)37-21-11-12-22(29)23(30)14-21/h5-14H,4,15-16H2,1-3H3,(H,31,35). The molecule has 0 fully saturated rings. The van der Waals surface area contributed by atoms with Crippen molar-refractivity contribution in [2.45, 2.75) is 26.9 Å². The number of hydrogen-bond donors (Lipinski definition) is 1. The molecule has 0 spiro atoms. The number of likely N-dealkylation sites (N-methyl/N-ethyl adjacent to an activating group) is 1. The molecule has 0 aliphatic rings. The summed E-state index contributed by atoms with van der Waals surface area (Å²) in [6, 6.07) is 17.4. The van der Waals surface area contributed by atoms with Crippen LogP contribution in [-0.4, -0.2) is 41.1 Å². The molecule has 3 aromatic rings. The molecule has 1 N–H and O–H groups in total. The summed E-state index contributed by atoms with van der Waals surface area (Å²) >= 11 is 15.5. The van der Waals surface area contributed by atoms with Crippen LogP contribution in [0.2, 0.25) is 10.0 Å². The van der Waals surface area contributed by atoms with Crippen LogP contribution in [0.1, 0.15) is 25.0 Å². The number of nitrogens with one attached hydrogen (secondary N) is 1. The van der Waals surface area contributed by atoms with Gasteiger partial charge in [-0.25, -0.2) is 0 Å². The molecule has 10 heteroatoms. The lowest BCUT2D eigenvalue weighted by atomic mass is 10.1. The van der Waals surface area contributed by atoms with Crippen molar-refractivity contribution in [3.63, 3.8) is 0 Å². The van der Waals surface area contributed by atoms with Crippen molar-refractivity contribution in [3.05, 3.63) is 86.3 Å². The number of halogens is 3. The van der Waals surface area contributed by atoms with E-state index in [4.69, 9.17) is 27.9 Å². The Labute approximate surface area is 234 Å². The van der Waals surface area contributed by atoms with E-state index in [0.717, 1.165) is 10.0 Å². The highest BCUT2D eigenvalue weighted by Gasteiger charge is 2.22. The molecule has 3 rings (SSSR count). The van der Waals surface area contributed by atoms with E-state index in [0.29, 0.717) is 45.9 Å². The highest BCUT2D eigenvalue weighted by molar-refractivity contribution is 9.10. The van der Waals surface area contributed by atoms with Crippen LogP contribution < -0.4 is 10.1 Å². The molecule has 3 amide bonds. The fraction of sp³-hybridized carbons (Fsp3) is 0.222. The average Bonchev–Trinajstić information content (AvgIpc) is 2.86. The van der Waals surface area contributed by atoms with Gasteiger partial charge in [0.25, 0.3) is 0 Å². The summed E-state index contributed by atoms with van der Waals surface area (Å²) in [5, 5.41) is 3.45. The average molecular weight is 607 g/mol. The third-order valence-electron chi connectivity index (χ3n) is 5.55. The number of benzene rings is 3. The highest BCUT2D eigenvalue weighted by atomic mass is 79.9. The highest BCUT2D eigenvalue weighted by Crippen LogP contribution is 2.33. The first kappa shape index (κ1) is 28.5. The van der Waals surface area contributed by atoms with Crippen molar-refractivity contribution in [2.24, 2.45) is 0 Å². The zero-order chi connectivity index (χ0) is 27.1. The van der Waals surface area contributed by atoms with E-state index in [1.165, 1.54) is 18.9 Å². The smallest absolute Gasteiger partial charge is 0.313 e. The second kappa shape index (κ2) is 12.9. The Morgan fingerprint density at radius 1 is 0.946 bits per heavy atom. The summed E-state index contributed by atoms with van der Waals surface area (Å²) in [6.07, 6.45) is 0. The van der Waals surface area contributed by atoms with Crippen LogP contribution in [0.5, 0.6) is 11.5 Å². The molecule has 0 heterocycles. The van der Waals surface area contributed by atoms with Crippen molar-refractivity contribution in [1.82, 2.24) is 9.80 Å². The maximum absolute atomic E-state index is 12.9. The lowest BCUT2D eigenvalue weighted by Gasteiger charge is -2.22. The number of hydrogen-bond acceptors (Lipinski definition) is 4. The lowest BCUT2D eigenvalue weighted by Crippen LogP contribution is -2.37. The van der Waals surface area contributed by atoms with Gasteiger partial charge in [0, 0.05) is 55.4 Å². The number of rotatable bonds is 8. The van der Waals surface area contributed by atoms with Gasteiger partial charge < -0.3 is 19.9 Å². The predicted molar refractivity (Wildman–Crippen MR) is 149 cm³/mol. The molecule has 0 bridgehead atoms. The van der Waals surface area contributed by atoms with E-state index < -0.39 is 11.8 Å². The number of para-hydroxylation sites is 1. The van der Waals surface area contributed by atoms with Crippen molar-refractivity contribution in [3.8, 4) is 11.5 Å². The number of amides is 3. The van der Waals surface area contributed by atoms with E-state index in [1.54, 1.807) is 47.4 Å². The maximum atomic E-state index is 12.9. The lowest BCUT2D eigenvalue weighted by molar-refractivity contribution is -0.142. The first-order valence-electron chi connectivity index (χ1n) is 11.4. The fourth-order valence-corrected chi connectivity index (χ4v) is 4.16. The molecule has 7 nitrogen and oxygen atoms in total. The molecule has 0 saturated heterocycles. The maximum Gasteiger partial charge on any atom is 0.313 e. The summed E-state index contributed by atoms with van der Waals surface area (Å²) < 4.78 is 6.78. The topological polar surface area (TPSA) is 79.0 Å². The Hall–Kier alpha value is -3.07. The van der Waals surface area contributed by atoms with Gasteiger partial charge in [0.2, 0.25) is 5.91 Å². The molecule has 0 aromatic heterocycles. The Morgan fingerprint density at radius 3 is 2.35 bits per heavy atom. The molecule has 0 unspecified atom stereocenters. The van der Waals surface area contributed by atoms with Crippen LogP contribution in [0, 0.1) is 0 Å². The van der Waals surface area contributed by atoms with Crippen molar-refractivity contribution in [1.29, 1.82) is 0 Å². The van der Waals surface area contributed by atoms with Crippen molar-refractivity contribution < 1.29 is 19.1 Å². The Balaban J connectivity index is 1.73. The summed E-state index contributed by atoms with van der Waals surface area (Å²) in [5.74, 6) is -0.624. The van der Waals surface area contributed by atoms with Crippen LogP contribution in [0.25, 0.3) is 0 Å². The van der Waals surface area contributed by atoms with Gasteiger partial charge >= 0.3 is 11.8 Å². The van der Waals surface area contributed by atoms with Gasteiger partial charge in [0.15, 0.2) is 0 Å². The van der Waals surface area contributed by atoms with Gasteiger partial charge in [-0.3, -0.25) is 14.4 Å². The first-order valence-corrected chi connectivity index (χ1v) is 12.9. The first-order chi connectivity index (χ1) is 17.6. The summed E-state index contributed by atoms with van der Waals surface area (Å²) in [4.78, 5) is 40.5. The molecule has 0 atom stereocenters. The van der Waals surface area contributed by atoms with E-state index >= 15 is 0 Å². The minimum atomic E-state index is -0.787. The molecule has 0 saturated carbocycles. The van der Waals surface area contributed by atoms with Crippen LogP contribution in [0.4, 0.5) is 5.69 Å². The number of carbonyl (C=O) groups is 3. The van der Waals surface area contributed by atoms with Gasteiger partial charge in [-0.2, -0.15) is 0 Å². The predicted octanol–water partition coefficient (Wildman–Crippen LogP) is 6.51. The molecule has 37 heavy (non-hydrogen) atoms. The number of ether oxygens (including phenoxy) is 1. The van der Waals surface area contributed by atoms with Gasteiger partial charge in [-0.15, -0.1) is 0 Å². The third-order valence-corrected chi connectivity index (χ3v) is 6.78. The van der Waals surface area contributed by atoms with Gasteiger partial charge in [0.05, 0.1) is 10.0 Å². The van der Waals surface area contributed by atoms with Crippen molar-refractivity contribution in [2.75, 3.05) is 18.9 Å². The van der Waals surface area contributed by atoms with Crippen LogP contribution in [0.3, 0.4) is 0 Å². The monoisotopic (exact) mass is 605 g/mol. The van der Waals surface area contributed by atoms with E-state index in [9.17, 15) is 14.4 Å². The minimum Gasteiger partial charge on any atom is -0.457 e. The van der Waals surface area contributed by atoms with Gasteiger partial charge in [0.1, 0.15) is 11.5 Å². The van der Waals surface area contributed by atoms with Crippen LogP contribution in [0.15, 0.2) is 65.1 Å². The van der Waals surface area contributed by atoms with Gasteiger partial charge in [-0.05, 0) is 42.8 Å². The van der Waals surface area contributed by atoms with Crippen LogP contribution in [-0.2, 0) is 27.5 Å². The zero-order valence-electron chi connectivity index (χ0n) is 20.6. The largest absolute Gasteiger partial charge is 0.457 e. The minimum absolute atomic E-state index is 0.0761. The quantitative estimate of drug-likeness (QED) is 0.296. The SMILES string of the molecule is CCN(Cc1ccccc1NC(=O)C(=O)N(C)Cc1ccc(Br)cc1Oc1ccc(Cl)c(Cl)c1)C(C)=O. The molecule has 3 aromatic carbocycles. The van der Waals surface area contributed by atoms with Crippen LogP contribution >= 0.6 is 39.1 Å². The summed E-state index contributed by atoms with van der Waals surface area (Å²) in [7, 11) is 1.54. The van der Waals surface area contributed by atoms with Gasteiger partial charge in [-0.1, -0.05) is 63.4 Å². The molecular weight excluding hydrogens is 581 g/mol. The Kier molecular flexibility index (Phi) is 9.97.